The molecule has 1 heterocycles. The van der Waals surface area contributed by atoms with Gasteiger partial charge in [-0.2, -0.15) is 5.10 Å². The monoisotopic (exact) mass is 273 g/mol. The van der Waals surface area contributed by atoms with E-state index in [1.54, 1.807) is 0 Å². The molecule has 1 unspecified atom stereocenters. The summed E-state index contributed by atoms with van der Waals surface area (Å²) < 4.78 is 1.87. The lowest BCUT2D eigenvalue weighted by Crippen LogP contribution is -2.48. The third-order valence-electron chi connectivity index (χ3n) is 6.45. The molecule has 4 fully saturated rings. The lowest BCUT2D eigenvalue weighted by molar-refractivity contribution is -0.0473. The maximum atomic E-state index is 6.68. The highest BCUT2D eigenvalue weighted by Gasteiger charge is 2.49. The van der Waals surface area contributed by atoms with E-state index in [9.17, 15) is 0 Å². The van der Waals surface area contributed by atoms with Crippen molar-refractivity contribution in [2.45, 2.75) is 51.0 Å². The van der Waals surface area contributed by atoms with E-state index in [2.05, 4.69) is 18.2 Å². The molecule has 4 aliphatic carbocycles. The van der Waals surface area contributed by atoms with Crippen molar-refractivity contribution in [3.8, 4) is 0 Å². The van der Waals surface area contributed by atoms with Gasteiger partial charge in [0.1, 0.15) is 0 Å². The summed E-state index contributed by atoms with van der Waals surface area (Å²) in [5.41, 5.74) is 7.67. The summed E-state index contributed by atoms with van der Waals surface area (Å²) in [5.74, 6) is 4.89. The highest BCUT2D eigenvalue weighted by Crippen LogP contribution is 2.58. The second-order valence-corrected chi connectivity index (χ2v) is 8.12. The van der Waals surface area contributed by atoms with Crippen LogP contribution in [-0.4, -0.2) is 9.78 Å². The summed E-state index contributed by atoms with van der Waals surface area (Å²) in [6.07, 6.45) is 12.7. The predicted octanol–water partition coefficient (Wildman–Crippen LogP) is 3.06. The minimum absolute atomic E-state index is 0.214. The molecule has 1 aromatic rings. The van der Waals surface area contributed by atoms with E-state index in [1.807, 2.05) is 17.9 Å². The zero-order chi connectivity index (χ0) is 13.9. The van der Waals surface area contributed by atoms with Gasteiger partial charge in [0.2, 0.25) is 0 Å². The smallest absolute Gasteiger partial charge is 0.0540 e. The molecular formula is C17H27N3. The quantitative estimate of drug-likeness (QED) is 0.920. The average Bonchev–Trinajstić information content (AvgIpc) is 2.80. The number of aromatic nitrogens is 2. The third-order valence-corrected chi connectivity index (χ3v) is 6.45. The lowest BCUT2D eigenvalue weighted by atomic mass is 9.50. The van der Waals surface area contributed by atoms with Gasteiger partial charge in [-0.25, -0.2) is 0 Å². The van der Waals surface area contributed by atoms with E-state index in [1.165, 1.54) is 37.7 Å². The van der Waals surface area contributed by atoms with E-state index < -0.39 is 0 Å². The number of hydrogen-bond acceptors (Lipinski definition) is 2. The van der Waals surface area contributed by atoms with Crippen molar-refractivity contribution in [3.05, 3.63) is 18.0 Å². The highest BCUT2D eigenvalue weighted by molar-refractivity contribution is 5.17. The standard InChI is InChI=1S/C17H27N3/c1-17(18,15-9-19-20(2)10-15)8-16-13-4-11-3-12(6-13)7-14(16)5-11/h9-14,16H,3-8,18H2,1-2H3. The Hall–Kier alpha value is -0.830. The molecule has 0 spiro atoms. The summed E-state index contributed by atoms with van der Waals surface area (Å²) in [6, 6.07) is 0. The number of rotatable bonds is 3. The first kappa shape index (κ1) is 12.9. The fraction of sp³-hybridized carbons (Fsp3) is 0.824. The summed E-state index contributed by atoms with van der Waals surface area (Å²) in [5, 5.41) is 4.30. The van der Waals surface area contributed by atoms with Crippen LogP contribution in [-0.2, 0) is 12.6 Å². The predicted molar refractivity (Wildman–Crippen MR) is 79.9 cm³/mol. The summed E-state index contributed by atoms with van der Waals surface area (Å²) in [7, 11) is 1.97. The molecule has 0 aromatic carbocycles. The van der Waals surface area contributed by atoms with Gasteiger partial charge in [0.15, 0.2) is 0 Å². The molecule has 4 aliphatic rings. The normalized spacial score (nSPS) is 41.9. The van der Waals surface area contributed by atoms with E-state index in [0.717, 1.165) is 36.0 Å². The van der Waals surface area contributed by atoms with Gasteiger partial charge >= 0.3 is 0 Å². The van der Waals surface area contributed by atoms with E-state index in [-0.39, 0.29) is 5.54 Å². The molecule has 3 nitrogen and oxygen atoms in total. The van der Waals surface area contributed by atoms with Crippen LogP contribution in [0.3, 0.4) is 0 Å². The molecule has 0 radical (unpaired) electrons. The van der Waals surface area contributed by atoms with Crippen LogP contribution in [0.15, 0.2) is 12.4 Å². The molecule has 2 N–H and O–H groups in total. The summed E-state index contributed by atoms with van der Waals surface area (Å²) in [4.78, 5) is 0. The fourth-order valence-corrected chi connectivity index (χ4v) is 5.69. The largest absolute Gasteiger partial charge is 0.322 e. The molecule has 110 valence electrons. The molecule has 0 saturated heterocycles. The SMILES string of the molecule is Cn1cc(C(C)(N)CC2C3CC4CC(C3)CC2C4)cn1. The number of aryl methyl sites for hydroxylation is 1. The Morgan fingerprint density at radius 3 is 2.30 bits per heavy atom. The van der Waals surface area contributed by atoms with Gasteiger partial charge in [-0.15, -0.1) is 0 Å². The Balaban J connectivity index is 1.54. The van der Waals surface area contributed by atoms with Gasteiger partial charge < -0.3 is 5.73 Å². The topological polar surface area (TPSA) is 43.8 Å². The molecule has 1 aromatic heterocycles. The zero-order valence-corrected chi connectivity index (χ0v) is 12.8. The van der Waals surface area contributed by atoms with Crippen molar-refractivity contribution in [1.82, 2.24) is 9.78 Å². The van der Waals surface area contributed by atoms with Crippen molar-refractivity contribution < 1.29 is 0 Å². The molecule has 1 atom stereocenters. The second kappa shape index (κ2) is 4.33. The minimum Gasteiger partial charge on any atom is -0.322 e. The Kier molecular flexibility index (Phi) is 2.79. The zero-order valence-electron chi connectivity index (χ0n) is 12.8. The van der Waals surface area contributed by atoms with Crippen molar-refractivity contribution in [3.63, 3.8) is 0 Å². The first-order valence-corrected chi connectivity index (χ1v) is 8.29. The van der Waals surface area contributed by atoms with E-state index in [0.29, 0.717) is 0 Å². The van der Waals surface area contributed by atoms with Gasteiger partial charge in [-0.3, -0.25) is 4.68 Å². The summed E-state index contributed by atoms with van der Waals surface area (Å²) >= 11 is 0. The third kappa shape index (κ3) is 2.02. The van der Waals surface area contributed by atoms with Crippen molar-refractivity contribution in [1.29, 1.82) is 0 Å². The molecule has 0 aliphatic heterocycles. The van der Waals surface area contributed by atoms with Gasteiger partial charge in [0.05, 0.1) is 6.20 Å². The second-order valence-electron chi connectivity index (χ2n) is 8.12. The Labute approximate surface area is 121 Å². The molecule has 4 saturated carbocycles. The average molecular weight is 273 g/mol. The molecule has 5 rings (SSSR count). The van der Waals surface area contributed by atoms with Gasteiger partial charge in [-0.1, -0.05) is 0 Å². The van der Waals surface area contributed by atoms with Crippen molar-refractivity contribution >= 4 is 0 Å². The number of hydrogen-bond donors (Lipinski definition) is 1. The number of nitrogens with two attached hydrogens (primary N) is 1. The minimum atomic E-state index is -0.214. The van der Waals surface area contributed by atoms with Crippen LogP contribution in [0.5, 0.6) is 0 Å². The molecule has 3 heteroatoms. The molecule has 4 bridgehead atoms. The van der Waals surface area contributed by atoms with Crippen LogP contribution in [0.1, 0.15) is 51.0 Å². The molecule has 0 amide bonds. The van der Waals surface area contributed by atoms with Crippen LogP contribution < -0.4 is 5.73 Å². The lowest BCUT2D eigenvalue weighted by Gasteiger charge is -2.55. The molecule has 20 heavy (non-hydrogen) atoms. The Morgan fingerprint density at radius 1 is 1.20 bits per heavy atom. The molecular weight excluding hydrogens is 246 g/mol. The van der Waals surface area contributed by atoms with Crippen LogP contribution in [0.4, 0.5) is 0 Å². The highest BCUT2D eigenvalue weighted by atomic mass is 15.2. The van der Waals surface area contributed by atoms with Crippen LogP contribution in [0.25, 0.3) is 0 Å². The van der Waals surface area contributed by atoms with Crippen LogP contribution in [0.2, 0.25) is 0 Å². The number of nitrogens with zero attached hydrogens (tertiary/aromatic N) is 2. The first-order chi connectivity index (χ1) is 9.51. The van der Waals surface area contributed by atoms with Gasteiger partial charge in [-0.05, 0) is 75.0 Å². The van der Waals surface area contributed by atoms with E-state index >= 15 is 0 Å². The van der Waals surface area contributed by atoms with Gasteiger partial charge in [0, 0.05) is 24.3 Å². The van der Waals surface area contributed by atoms with Crippen molar-refractivity contribution in [2.24, 2.45) is 42.4 Å². The van der Waals surface area contributed by atoms with Gasteiger partial charge in [0.25, 0.3) is 0 Å². The fourth-order valence-electron chi connectivity index (χ4n) is 5.69. The van der Waals surface area contributed by atoms with Crippen molar-refractivity contribution in [2.75, 3.05) is 0 Å². The maximum absolute atomic E-state index is 6.68. The Morgan fingerprint density at radius 2 is 1.80 bits per heavy atom. The van der Waals surface area contributed by atoms with Crippen LogP contribution in [0, 0.1) is 29.6 Å². The maximum Gasteiger partial charge on any atom is 0.0540 e. The van der Waals surface area contributed by atoms with Crippen LogP contribution >= 0.6 is 0 Å². The Bertz CT molecular complexity index is 474. The van der Waals surface area contributed by atoms with E-state index in [4.69, 9.17) is 5.73 Å². The first-order valence-electron chi connectivity index (χ1n) is 8.29. The summed E-state index contributed by atoms with van der Waals surface area (Å²) in [6.45, 7) is 2.20.